The predicted octanol–water partition coefficient (Wildman–Crippen LogP) is -2.71. The van der Waals surface area contributed by atoms with E-state index >= 15 is 0 Å². The van der Waals surface area contributed by atoms with E-state index in [4.69, 9.17) is 26.5 Å². The van der Waals surface area contributed by atoms with E-state index in [9.17, 15) is 44.1 Å². The number of nitrogens with two attached hydrogens (primary N) is 2. The van der Waals surface area contributed by atoms with Crippen LogP contribution in [0.15, 0.2) is 36.0 Å². The predicted molar refractivity (Wildman–Crippen MR) is 146 cm³/mol. The highest BCUT2D eigenvalue weighted by Gasteiger charge is 2.49. The molecule has 10 atom stereocenters. The lowest BCUT2D eigenvalue weighted by Crippen LogP contribution is -2.46. The fourth-order valence-corrected chi connectivity index (χ4v) is 6.76. The van der Waals surface area contributed by atoms with Crippen LogP contribution in [0.5, 0.6) is 0 Å². The summed E-state index contributed by atoms with van der Waals surface area (Å²) in [5.41, 5.74) is 19.7. The number of aliphatic hydroxyl groups is 4. The number of fused-ring (bicyclic) bond motifs is 1. The van der Waals surface area contributed by atoms with E-state index in [1.807, 2.05) is 0 Å². The summed E-state index contributed by atoms with van der Waals surface area (Å²) in [6.07, 6.45) is -8.82. The standard InChI is InChI=1S/C21H26N10O14P2/c22-16-11-18(27-21(26-16)28-29-24)31(7-25-11)20-15(35)13(33)10(44-20)6-42-47(39,40)45-46(37,38)41-5-9-12(32)14(34)19(43-9)30-3-1-2-8(4-30)17(23)36/h1-4,7,9-10,12-15,19-20,32-35H,5-6H2,(H5-,22,23,26,27,36,37,38,39,40)/t9-,10-,12+,13+,14?,15?,19-,20-/m1/s1. The highest BCUT2D eigenvalue weighted by atomic mass is 31.3. The molecule has 26 heteroatoms. The van der Waals surface area contributed by atoms with Crippen molar-refractivity contribution in [2.24, 2.45) is 10.8 Å². The van der Waals surface area contributed by atoms with Crippen LogP contribution in [0.4, 0.5) is 11.8 Å². The van der Waals surface area contributed by atoms with Crippen LogP contribution < -0.4 is 20.9 Å². The first kappa shape index (κ1) is 34.6. The number of nitrogen functional groups attached to an aromatic ring is 1. The minimum absolute atomic E-state index is 0.0305. The molecular formula is C21H26N10O14P2. The normalized spacial score (nSPS) is 30.1. The van der Waals surface area contributed by atoms with E-state index in [1.54, 1.807) is 0 Å². The van der Waals surface area contributed by atoms with Crippen LogP contribution in [-0.2, 0) is 32.0 Å². The van der Waals surface area contributed by atoms with Gasteiger partial charge in [0.1, 0.15) is 41.6 Å². The first-order valence-electron chi connectivity index (χ1n) is 13.1. The van der Waals surface area contributed by atoms with E-state index in [2.05, 4.69) is 38.3 Å². The van der Waals surface area contributed by atoms with Gasteiger partial charge >= 0.3 is 7.82 Å². The third-order valence-electron chi connectivity index (χ3n) is 6.92. The molecule has 5 rings (SSSR count). The van der Waals surface area contributed by atoms with Crippen LogP contribution in [-0.4, -0.2) is 101 Å². The number of hydrogen-bond donors (Lipinski definition) is 7. The summed E-state index contributed by atoms with van der Waals surface area (Å²) in [7, 11) is -11.2. The number of imidazole rings is 1. The first-order valence-corrected chi connectivity index (χ1v) is 16.1. The van der Waals surface area contributed by atoms with E-state index < -0.39 is 83.8 Å². The molecule has 0 aliphatic carbocycles. The largest absolute Gasteiger partial charge is 0.756 e. The summed E-state index contributed by atoms with van der Waals surface area (Å²) in [6.45, 7) is -1.98. The molecule has 1 amide bonds. The minimum Gasteiger partial charge on any atom is -0.756 e. The second kappa shape index (κ2) is 13.4. The van der Waals surface area contributed by atoms with Crippen molar-refractivity contribution in [1.82, 2.24) is 19.5 Å². The molecule has 4 unspecified atom stereocenters. The number of aliphatic hydroxyl groups excluding tert-OH is 4. The van der Waals surface area contributed by atoms with Gasteiger partial charge in [0.15, 0.2) is 36.2 Å². The zero-order valence-electron chi connectivity index (χ0n) is 23.5. The molecule has 47 heavy (non-hydrogen) atoms. The Morgan fingerprint density at radius 1 is 1.13 bits per heavy atom. The molecule has 2 saturated heterocycles. The zero-order valence-corrected chi connectivity index (χ0v) is 25.2. The summed E-state index contributed by atoms with van der Waals surface area (Å²) in [5.74, 6) is -1.34. The molecule has 0 saturated carbocycles. The number of rotatable bonds is 12. The van der Waals surface area contributed by atoms with Crippen molar-refractivity contribution in [2.75, 3.05) is 18.9 Å². The molecule has 2 aliphatic heterocycles. The molecule has 3 aromatic rings. The molecule has 3 aromatic heterocycles. The Morgan fingerprint density at radius 2 is 1.81 bits per heavy atom. The second-order valence-electron chi connectivity index (χ2n) is 10.0. The number of phosphoric ester groups is 2. The van der Waals surface area contributed by atoms with Gasteiger partial charge in [0.25, 0.3) is 20.0 Å². The summed E-state index contributed by atoms with van der Waals surface area (Å²) in [6, 6.07) is 2.80. The molecule has 2 aliphatic rings. The van der Waals surface area contributed by atoms with Crippen molar-refractivity contribution in [3.8, 4) is 0 Å². The lowest BCUT2D eigenvalue weighted by atomic mass is 10.1. The molecule has 5 heterocycles. The lowest BCUT2D eigenvalue weighted by Gasteiger charge is -2.26. The van der Waals surface area contributed by atoms with Gasteiger partial charge < -0.3 is 55.7 Å². The van der Waals surface area contributed by atoms with Gasteiger partial charge in [-0.2, -0.15) is 4.57 Å². The number of hydrogen-bond acceptors (Lipinski definition) is 18. The van der Waals surface area contributed by atoms with Gasteiger partial charge in [-0.1, -0.05) is 0 Å². The van der Waals surface area contributed by atoms with Crippen LogP contribution in [0.3, 0.4) is 0 Å². The van der Waals surface area contributed by atoms with Gasteiger partial charge in [-0.25, -0.2) is 23.8 Å². The second-order valence-corrected chi connectivity index (χ2v) is 13.0. The van der Waals surface area contributed by atoms with Crippen molar-refractivity contribution in [1.29, 1.82) is 0 Å². The Labute approximate surface area is 261 Å². The van der Waals surface area contributed by atoms with Gasteiger partial charge in [0, 0.05) is 11.0 Å². The third kappa shape index (κ3) is 7.41. The number of ether oxygens (including phenoxy) is 2. The smallest absolute Gasteiger partial charge is 0.478 e. The van der Waals surface area contributed by atoms with Crippen molar-refractivity contribution in [3.05, 3.63) is 46.9 Å². The number of primary amides is 1. The number of nitrogens with zero attached hydrogens (tertiary/aromatic N) is 8. The number of azide groups is 1. The SMILES string of the molecule is [N-]=[N+]=Nc1nc(N)c2ncn([C@@H]3O[C@H](COP(=O)(O)OP(=O)([O-])OC[C@H]4O[C@@H]([n+]5cccc(C(N)=O)c5)C(O)[C@H]4O)[C@H](O)C3O)c2n1. The summed E-state index contributed by atoms with van der Waals surface area (Å²) in [5, 5.41) is 45.0. The summed E-state index contributed by atoms with van der Waals surface area (Å²) < 4.78 is 51.5. The molecule has 254 valence electrons. The van der Waals surface area contributed by atoms with Crippen molar-refractivity contribution in [3.63, 3.8) is 0 Å². The Hall–Kier alpha value is -3.70. The maximum Gasteiger partial charge on any atom is 0.478 e. The number of aromatic nitrogens is 5. The van der Waals surface area contributed by atoms with Crippen molar-refractivity contribution >= 4 is 44.5 Å². The molecule has 0 spiro atoms. The van der Waals surface area contributed by atoms with Gasteiger partial charge in [-0.15, -0.1) is 0 Å². The van der Waals surface area contributed by atoms with E-state index in [0.717, 1.165) is 10.9 Å². The van der Waals surface area contributed by atoms with Gasteiger partial charge in [0.2, 0.25) is 5.95 Å². The van der Waals surface area contributed by atoms with Gasteiger partial charge in [0.05, 0.1) is 19.5 Å². The fraction of sp³-hybridized carbons (Fsp3) is 0.476. The van der Waals surface area contributed by atoms with Gasteiger partial charge in [-0.3, -0.25) is 18.5 Å². The van der Waals surface area contributed by atoms with Crippen LogP contribution >= 0.6 is 15.6 Å². The monoisotopic (exact) mass is 704 g/mol. The Morgan fingerprint density at radius 3 is 2.51 bits per heavy atom. The summed E-state index contributed by atoms with van der Waals surface area (Å²) in [4.78, 5) is 48.1. The first-order chi connectivity index (χ1) is 22.1. The number of pyridine rings is 1. The average Bonchev–Trinajstić information content (AvgIpc) is 3.64. The van der Waals surface area contributed by atoms with Crippen LogP contribution in [0.25, 0.3) is 21.6 Å². The van der Waals surface area contributed by atoms with E-state index in [-0.39, 0.29) is 28.5 Å². The minimum atomic E-state index is -5.66. The molecule has 0 bridgehead atoms. The molecule has 0 aromatic carbocycles. The third-order valence-corrected chi connectivity index (χ3v) is 9.49. The molecule has 9 N–H and O–H groups in total. The van der Waals surface area contributed by atoms with Crippen LogP contribution in [0.2, 0.25) is 0 Å². The Kier molecular flexibility index (Phi) is 9.89. The Balaban J connectivity index is 1.18. The highest BCUT2D eigenvalue weighted by Crippen LogP contribution is 2.58. The zero-order chi connectivity index (χ0) is 34.3. The van der Waals surface area contributed by atoms with E-state index in [0.29, 0.717) is 0 Å². The number of carbonyl (C=O) groups is 1. The van der Waals surface area contributed by atoms with Crippen molar-refractivity contribution in [2.45, 2.75) is 49.1 Å². The quantitative estimate of drug-likeness (QED) is 0.0331. The lowest BCUT2D eigenvalue weighted by molar-refractivity contribution is -0.765. The van der Waals surface area contributed by atoms with Crippen LogP contribution in [0, 0.1) is 0 Å². The number of anilines is 1. The maximum atomic E-state index is 12.4. The van der Waals surface area contributed by atoms with E-state index in [1.165, 1.54) is 29.1 Å². The number of carbonyl (C=O) groups excluding carboxylic acids is 1. The topological polar surface area (TPSA) is 370 Å². The number of phosphoric acid groups is 2. The van der Waals surface area contributed by atoms with Crippen molar-refractivity contribution < 1.29 is 71.5 Å². The Bertz CT molecular complexity index is 1810. The average molecular weight is 704 g/mol. The molecule has 0 radical (unpaired) electrons. The molecular weight excluding hydrogens is 678 g/mol. The number of amides is 1. The molecule has 2 fully saturated rings. The van der Waals surface area contributed by atoms with Crippen LogP contribution in [0.1, 0.15) is 22.8 Å². The fourth-order valence-electron chi connectivity index (χ4n) is 4.71. The van der Waals surface area contributed by atoms with Gasteiger partial charge in [-0.05, 0) is 16.7 Å². The highest BCUT2D eigenvalue weighted by molar-refractivity contribution is 7.60. The summed E-state index contributed by atoms with van der Waals surface area (Å²) >= 11 is 0. The molecule has 24 nitrogen and oxygen atoms in total. The maximum absolute atomic E-state index is 12.4.